The van der Waals surface area contributed by atoms with Crippen LogP contribution in [0.25, 0.3) is 0 Å². The minimum atomic E-state index is 0. The Morgan fingerprint density at radius 2 is 1.95 bits per heavy atom. The second kappa shape index (κ2) is 8.60. The zero-order valence-electron chi connectivity index (χ0n) is 13.5. The van der Waals surface area contributed by atoms with Gasteiger partial charge in [0.15, 0.2) is 5.52 Å². The molecule has 107 valence electrons. The summed E-state index contributed by atoms with van der Waals surface area (Å²) in [6, 6.07) is 5.63. The van der Waals surface area contributed by atoms with Gasteiger partial charge in [0.2, 0.25) is 0 Å². The van der Waals surface area contributed by atoms with Gasteiger partial charge in [-0.1, -0.05) is 51.4 Å². The Hall–Kier alpha value is 0.207. The molecule has 1 rings (SSSR count). The van der Waals surface area contributed by atoms with Gasteiger partial charge in [-0.3, -0.25) is 4.79 Å². The van der Waals surface area contributed by atoms with Crippen molar-refractivity contribution in [3.05, 3.63) is 34.3 Å². The van der Waals surface area contributed by atoms with Crippen LogP contribution in [0.15, 0.2) is 18.2 Å². The second-order valence-electron chi connectivity index (χ2n) is 6.51. The van der Waals surface area contributed by atoms with Crippen molar-refractivity contribution < 1.29 is 4.79 Å². The molecule has 0 aliphatic heterocycles. The molecule has 0 saturated carbocycles. The quantitative estimate of drug-likeness (QED) is 0.542. The smallest absolute Gasteiger partial charge is 0.182 e. The van der Waals surface area contributed by atoms with Crippen molar-refractivity contribution in [3.8, 4) is 0 Å². The molecular formula is C16H24ClLiOP. The predicted molar refractivity (Wildman–Crippen MR) is 92.7 cm³/mol. The first-order valence-corrected chi connectivity index (χ1v) is 8.32. The van der Waals surface area contributed by atoms with Crippen molar-refractivity contribution in [2.75, 3.05) is 6.16 Å². The molecule has 1 radical (unpaired) electrons. The average molecular weight is 306 g/mol. The predicted octanol–water partition coefficient (Wildman–Crippen LogP) is 5.16. The minimum Gasteiger partial charge on any atom is -0.289 e. The van der Waals surface area contributed by atoms with Crippen LogP contribution in [0, 0.1) is 18.3 Å². The van der Waals surface area contributed by atoms with E-state index in [0.717, 1.165) is 18.1 Å². The molecule has 0 amide bonds. The molecule has 0 N–H and O–H groups in total. The average Bonchev–Trinajstić information content (AvgIpc) is 2.23. The van der Waals surface area contributed by atoms with Crippen molar-refractivity contribution in [3.63, 3.8) is 0 Å². The maximum atomic E-state index is 12.3. The summed E-state index contributed by atoms with van der Waals surface area (Å²) in [5.74, 6) is 0.574. The van der Waals surface area contributed by atoms with Crippen molar-refractivity contribution in [1.29, 1.82) is 0 Å². The van der Waals surface area contributed by atoms with E-state index in [1.807, 2.05) is 19.1 Å². The fraction of sp³-hybridized carbons (Fsp3) is 0.562. The number of hydrogen-bond acceptors (Lipinski definition) is 1. The van der Waals surface area contributed by atoms with Crippen LogP contribution >= 0.6 is 20.2 Å². The summed E-state index contributed by atoms with van der Waals surface area (Å²) >= 11 is 6.13. The van der Waals surface area contributed by atoms with Crippen molar-refractivity contribution in [2.24, 2.45) is 11.3 Å². The molecule has 0 bridgehead atoms. The van der Waals surface area contributed by atoms with E-state index in [1.54, 1.807) is 6.07 Å². The molecule has 20 heavy (non-hydrogen) atoms. The molecule has 1 aromatic rings. The molecule has 0 aliphatic carbocycles. The first kappa shape index (κ1) is 20.2. The molecule has 2 unspecified atom stereocenters. The Morgan fingerprint density at radius 1 is 1.35 bits per heavy atom. The van der Waals surface area contributed by atoms with Gasteiger partial charge in [-0.25, -0.2) is 0 Å². The zero-order chi connectivity index (χ0) is 14.6. The normalized spacial score (nSPS) is 13.3. The van der Waals surface area contributed by atoms with E-state index in [4.69, 9.17) is 11.6 Å². The Kier molecular flexibility index (Phi) is 8.69. The summed E-state index contributed by atoms with van der Waals surface area (Å²) in [6.07, 6.45) is 2.11. The van der Waals surface area contributed by atoms with Gasteiger partial charge < -0.3 is 0 Å². The summed E-state index contributed by atoms with van der Waals surface area (Å²) in [6.45, 7) is 10.9. The Morgan fingerprint density at radius 3 is 2.45 bits per heavy atom. The Bertz CT molecular complexity index is 434. The number of rotatable bonds is 5. The summed E-state index contributed by atoms with van der Waals surface area (Å²) in [4.78, 5) is 12.3. The van der Waals surface area contributed by atoms with Gasteiger partial charge in [0.25, 0.3) is 0 Å². The van der Waals surface area contributed by atoms with E-state index in [-0.39, 0.29) is 24.4 Å². The van der Waals surface area contributed by atoms with Crippen LogP contribution < -0.4 is 0 Å². The Labute approximate surface area is 142 Å². The van der Waals surface area contributed by atoms with E-state index in [0.29, 0.717) is 30.5 Å². The number of hydrogen-bond donors (Lipinski definition) is 0. The molecule has 0 aromatic heterocycles. The second-order valence-corrected chi connectivity index (χ2v) is 8.13. The maximum absolute atomic E-state index is 12.3. The third kappa shape index (κ3) is 6.78. The van der Waals surface area contributed by atoms with E-state index in [9.17, 15) is 4.79 Å². The summed E-state index contributed by atoms with van der Waals surface area (Å²) in [5, 5.41) is 0.584. The monoisotopic (exact) mass is 305 g/mol. The number of carbonyl (C=O) groups excluding carboxylic acids is 1. The fourth-order valence-corrected chi connectivity index (χ4v) is 3.97. The number of carbonyl (C=O) groups is 1. The topological polar surface area (TPSA) is 17.1 Å². The molecule has 2 atom stereocenters. The van der Waals surface area contributed by atoms with Crippen LogP contribution in [0.3, 0.4) is 0 Å². The van der Waals surface area contributed by atoms with Crippen molar-refractivity contribution in [1.82, 2.24) is 0 Å². The Balaban J connectivity index is 0.00000361. The molecule has 4 heteroatoms. The summed E-state index contributed by atoms with van der Waals surface area (Å²) in [5.41, 5.74) is 2.22. The molecule has 0 fully saturated rings. The molecule has 0 heterocycles. The van der Waals surface area contributed by atoms with Gasteiger partial charge in [0.1, 0.15) is 0 Å². The van der Waals surface area contributed by atoms with Crippen LogP contribution in [-0.2, 0) is 0 Å². The molecule has 0 spiro atoms. The van der Waals surface area contributed by atoms with E-state index in [1.165, 1.54) is 0 Å². The van der Waals surface area contributed by atoms with Crippen molar-refractivity contribution in [2.45, 2.75) is 41.0 Å². The summed E-state index contributed by atoms with van der Waals surface area (Å²) in [7, 11) is 0.319. The van der Waals surface area contributed by atoms with Gasteiger partial charge in [0.05, 0.1) is 5.02 Å². The first-order valence-electron chi connectivity index (χ1n) is 6.74. The maximum Gasteiger partial charge on any atom is 0.182 e. The van der Waals surface area contributed by atoms with Crippen LogP contribution in [0.1, 0.15) is 50.0 Å². The van der Waals surface area contributed by atoms with Crippen LogP contribution in [0.5, 0.6) is 0 Å². The SMILES string of the molecule is Cc1cccc(Cl)c1C(=O)PCC(C)CC(C)(C)C.[Li]. The van der Waals surface area contributed by atoms with Gasteiger partial charge in [-0.15, -0.1) is 0 Å². The molecular weight excluding hydrogens is 282 g/mol. The van der Waals surface area contributed by atoms with E-state index < -0.39 is 0 Å². The van der Waals surface area contributed by atoms with Crippen LogP contribution in [0.2, 0.25) is 5.02 Å². The fourth-order valence-electron chi connectivity index (χ4n) is 2.39. The van der Waals surface area contributed by atoms with Gasteiger partial charge in [-0.2, -0.15) is 0 Å². The van der Waals surface area contributed by atoms with Crippen LogP contribution in [-0.4, -0.2) is 30.5 Å². The molecule has 0 aliphatic rings. The molecule has 1 aromatic carbocycles. The standard InChI is InChI=1S/C16H24ClOP.Li/c1-11(9-16(3,4)5)10-19-15(18)14-12(2)7-6-8-13(14)17;/h6-8,11,19H,9-10H2,1-5H3;. The van der Waals surface area contributed by atoms with E-state index >= 15 is 0 Å². The number of halogens is 1. The largest absolute Gasteiger partial charge is 0.289 e. The van der Waals surface area contributed by atoms with E-state index in [2.05, 4.69) is 27.7 Å². The summed E-state index contributed by atoms with van der Waals surface area (Å²) < 4.78 is 0. The number of aryl methyl sites for hydroxylation is 1. The van der Waals surface area contributed by atoms with Gasteiger partial charge >= 0.3 is 0 Å². The third-order valence-corrected chi connectivity index (χ3v) is 4.81. The minimum absolute atomic E-state index is 0. The van der Waals surface area contributed by atoms with Crippen molar-refractivity contribution >= 4 is 44.6 Å². The van der Waals surface area contributed by atoms with Crippen LogP contribution in [0.4, 0.5) is 0 Å². The van der Waals surface area contributed by atoms with Gasteiger partial charge in [0, 0.05) is 24.4 Å². The molecule has 1 nitrogen and oxygen atoms in total. The first-order chi connectivity index (χ1) is 8.70. The zero-order valence-corrected chi connectivity index (χ0v) is 15.3. The number of benzene rings is 1. The molecule has 0 saturated heterocycles. The van der Waals surface area contributed by atoms with Gasteiger partial charge in [-0.05, 0) is 51.0 Å². The third-order valence-electron chi connectivity index (χ3n) is 3.02.